The van der Waals surface area contributed by atoms with Gasteiger partial charge in [-0.3, -0.25) is 0 Å². The van der Waals surface area contributed by atoms with Crippen molar-refractivity contribution in [1.29, 1.82) is 0 Å². The fraction of sp³-hybridized carbons (Fsp3) is 0.267. The van der Waals surface area contributed by atoms with Crippen molar-refractivity contribution in [2.45, 2.75) is 12.6 Å². The molecular formula is C15H17ClN2O2. The van der Waals surface area contributed by atoms with Crippen LogP contribution in [0.5, 0.6) is 5.75 Å². The van der Waals surface area contributed by atoms with Crippen LogP contribution in [0.15, 0.2) is 42.6 Å². The summed E-state index contributed by atoms with van der Waals surface area (Å²) in [6.45, 7) is 0.612. The summed E-state index contributed by atoms with van der Waals surface area (Å²) in [6.07, 6.45) is 1.72. The van der Waals surface area contributed by atoms with Crippen LogP contribution in [0, 0.1) is 0 Å². The number of benzene rings is 1. The molecule has 1 aromatic heterocycles. The number of nitrogens with one attached hydrogen (secondary N) is 1. The van der Waals surface area contributed by atoms with Gasteiger partial charge in [0.1, 0.15) is 10.9 Å². The van der Waals surface area contributed by atoms with Gasteiger partial charge in [0.15, 0.2) is 0 Å². The maximum absolute atomic E-state index is 9.53. The molecular weight excluding hydrogens is 276 g/mol. The van der Waals surface area contributed by atoms with Crippen LogP contribution in [0.1, 0.15) is 17.2 Å². The van der Waals surface area contributed by atoms with E-state index in [4.69, 9.17) is 16.3 Å². The molecule has 0 amide bonds. The Morgan fingerprint density at radius 1 is 1.35 bits per heavy atom. The van der Waals surface area contributed by atoms with Crippen LogP contribution in [-0.4, -0.2) is 23.8 Å². The van der Waals surface area contributed by atoms with Gasteiger partial charge in [-0.1, -0.05) is 29.8 Å². The van der Waals surface area contributed by atoms with E-state index >= 15 is 0 Å². The van der Waals surface area contributed by atoms with Gasteiger partial charge in [0.05, 0.1) is 19.8 Å². The van der Waals surface area contributed by atoms with Gasteiger partial charge in [0.25, 0.3) is 0 Å². The highest BCUT2D eigenvalue weighted by atomic mass is 35.5. The second-order valence-electron chi connectivity index (χ2n) is 4.38. The van der Waals surface area contributed by atoms with Gasteiger partial charge in [-0.25, -0.2) is 4.98 Å². The maximum Gasteiger partial charge on any atom is 0.129 e. The molecule has 5 heteroatoms. The second-order valence-corrected chi connectivity index (χ2v) is 4.77. The Morgan fingerprint density at radius 3 is 2.85 bits per heavy atom. The highest BCUT2D eigenvalue weighted by Crippen LogP contribution is 2.19. The maximum atomic E-state index is 9.53. The number of ether oxygens (including phenoxy) is 1. The third-order valence-electron chi connectivity index (χ3n) is 3.02. The van der Waals surface area contributed by atoms with Gasteiger partial charge in [0, 0.05) is 12.7 Å². The van der Waals surface area contributed by atoms with Crippen molar-refractivity contribution >= 4 is 11.6 Å². The molecule has 1 unspecified atom stereocenters. The molecule has 2 rings (SSSR count). The highest BCUT2D eigenvalue weighted by Gasteiger charge is 2.10. The van der Waals surface area contributed by atoms with Crippen molar-refractivity contribution in [3.63, 3.8) is 0 Å². The summed E-state index contributed by atoms with van der Waals surface area (Å²) in [5, 5.41) is 13.3. The molecule has 2 N–H and O–H groups in total. The minimum Gasteiger partial charge on any atom is -0.497 e. The summed E-state index contributed by atoms with van der Waals surface area (Å²) in [4.78, 5) is 4.03. The molecule has 0 bridgehead atoms. The van der Waals surface area contributed by atoms with Crippen LogP contribution in [0.25, 0.3) is 0 Å². The number of halogens is 1. The first-order valence-electron chi connectivity index (χ1n) is 6.31. The number of pyridine rings is 1. The zero-order valence-electron chi connectivity index (χ0n) is 11.2. The van der Waals surface area contributed by atoms with Crippen LogP contribution in [0.2, 0.25) is 5.15 Å². The monoisotopic (exact) mass is 292 g/mol. The van der Waals surface area contributed by atoms with Crippen LogP contribution >= 0.6 is 11.6 Å². The molecule has 1 heterocycles. The molecule has 0 aliphatic rings. The number of methoxy groups -OCH3 is 1. The number of rotatable bonds is 6. The first-order valence-corrected chi connectivity index (χ1v) is 6.69. The van der Waals surface area contributed by atoms with Crippen molar-refractivity contribution in [1.82, 2.24) is 10.3 Å². The molecule has 0 saturated carbocycles. The van der Waals surface area contributed by atoms with E-state index < -0.39 is 0 Å². The predicted molar refractivity (Wildman–Crippen MR) is 78.9 cm³/mol. The Hall–Kier alpha value is -1.62. The predicted octanol–water partition coefficient (Wildman–Crippen LogP) is 2.57. The summed E-state index contributed by atoms with van der Waals surface area (Å²) in [5.41, 5.74) is 1.99. The topological polar surface area (TPSA) is 54.4 Å². The molecule has 0 spiro atoms. The van der Waals surface area contributed by atoms with Gasteiger partial charge in [-0.15, -0.1) is 0 Å². The molecule has 0 saturated heterocycles. The van der Waals surface area contributed by atoms with Crippen molar-refractivity contribution in [2.24, 2.45) is 0 Å². The van der Waals surface area contributed by atoms with Crippen LogP contribution in [0.4, 0.5) is 0 Å². The lowest BCUT2D eigenvalue weighted by atomic mass is 10.1. The molecule has 0 aliphatic heterocycles. The lowest BCUT2D eigenvalue weighted by Gasteiger charge is -2.17. The molecule has 0 fully saturated rings. The number of aliphatic hydroxyl groups excluding tert-OH is 1. The van der Waals surface area contributed by atoms with Gasteiger partial charge >= 0.3 is 0 Å². The number of aliphatic hydroxyl groups is 1. The van der Waals surface area contributed by atoms with Crippen LogP contribution < -0.4 is 10.1 Å². The fourth-order valence-corrected chi connectivity index (χ4v) is 2.01. The minimum atomic E-state index is -0.152. The summed E-state index contributed by atoms with van der Waals surface area (Å²) in [5.74, 6) is 0.774. The van der Waals surface area contributed by atoms with Crippen molar-refractivity contribution in [3.8, 4) is 5.75 Å². The van der Waals surface area contributed by atoms with Gasteiger partial charge in [-0.05, 0) is 29.3 Å². The van der Waals surface area contributed by atoms with Gasteiger partial charge in [-0.2, -0.15) is 0 Å². The van der Waals surface area contributed by atoms with Gasteiger partial charge < -0.3 is 15.2 Å². The quantitative estimate of drug-likeness (QED) is 0.804. The molecule has 20 heavy (non-hydrogen) atoms. The molecule has 1 aromatic carbocycles. The minimum absolute atomic E-state index is 0.00812. The highest BCUT2D eigenvalue weighted by molar-refractivity contribution is 6.29. The summed E-state index contributed by atoms with van der Waals surface area (Å²) >= 11 is 5.75. The number of hydrogen-bond donors (Lipinski definition) is 2. The lowest BCUT2D eigenvalue weighted by molar-refractivity contribution is 0.243. The Bertz CT molecular complexity index is 546. The van der Waals surface area contributed by atoms with E-state index in [-0.39, 0.29) is 12.6 Å². The van der Waals surface area contributed by atoms with Crippen LogP contribution in [-0.2, 0) is 6.54 Å². The van der Waals surface area contributed by atoms with Crippen molar-refractivity contribution in [3.05, 3.63) is 58.9 Å². The SMILES string of the molecule is COc1cccc(C(CO)NCc2ccc(Cl)nc2)c1. The summed E-state index contributed by atoms with van der Waals surface area (Å²) in [6, 6.07) is 11.1. The smallest absolute Gasteiger partial charge is 0.129 e. The van der Waals surface area contributed by atoms with E-state index in [2.05, 4.69) is 10.3 Å². The van der Waals surface area contributed by atoms with E-state index in [1.54, 1.807) is 19.4 Å². The average molecular weight is 293 g/mol. The molecule has 106 valence electrons. The molecule has 0 radical (unpaired) electrons. The normalized spacial score (nSPS) is 12.2. The average Bonchev–Trinajstić information content (AvgIpc) is 2.50. The van der Waals surface area contributed by atoms with Crippen molar-refractivity contribution in [2.75, 3.05) is 13.7 Å². The van der Waals surface area contributed by atoms with E-state index in [0.29, 0.717) is 11.7 Å². The third kappa shape index (κ3) is 3.93. The number of nitrogens with zero attached hydrogens (tertiary/aromatic N) is 1. The zero-order chi connectivity index (χ0) is 14.4. The Morgan fingerprint density at radius 2 is 2.20 bits per heavy atom. The number of aromatic nitrogens is 1. The Labute approximate surface area is 123 Å². The standard InChI is InChI=1S/C15H17ClN2O2/c1-20-13-4-2-3-12(7-13)14(10-19)17-8-11-5-6-15(16)18-9-11/h2-7,9,14,17,19H,8,10H2,1H3. The molecule has 4 nitrogen and oxygen atoms in total. The Balaban J connectivity index is 2.03. The first-order chi connectivity index (χ1) is 9.72. The lowest BCUT2D eigenvalue weighted by Crippen LogP contribution is -2.24. The fourth-order valence-electron chi connectivity index (χ4n) is 1.90. The molecule has 0 aliphatic carbocycles. The third-order valence-corrected chi connectivity index (χ3v) is 3.24. The first kappa shape index (κ1) is 14.8. The molecule has 1 atom stereocenters. The Kier molecular flexibility index (Phi) is 5.35. The number of hydrogen-bond acceptors (Lipinski definition) is 4. The van der Waals surface area contributed by atoms with E-state index in [0.717, 1.165) is 16.9 Å². The summed E-state index contributed by atoms with van der Waals surface area (Å²) < 4.78 is 5.19. The van der Waals surface area contributed by atoms with Gasteiger partial charge in [0.2, 0.25) is 0 Å². The summed E-state index contributed by atoms with van der Waals surface area (Å²) in [7, 11) is 1.62. The van der Waals surface area contributed by atoms with E-state index in [1.807, 2.05) is 30.3 Å². The van der Waals surface area contributed by atoms with E-state index in [1.165, 1.54) is 0 Å². The van der Waals surface area contributed by atoms with E-state index in [9.17, 15) is 5.11 Å². The largest absolute Gasteiger partial charge is 0.497 e. The van der Waals surface area contributed by atoms with Crippen molar-refractivity contribution < 1.29 is 9.84 Å². The second kappa shape index (κ2) is 7.24. The molecule has 2 aromatic rings. The zero-order valence-corrected chi connectivity index (χ0v) is 12.0. The van der Waals surface area contributed by atoms with Crippen LogP contribution in [0.3, 0.4) is 0 Å².